The van der Waals surface area contributed by atoms with Crippen molar-refractivity contribution >= 4 is 40.2 Å². The van der Waals surface area contributed by atoms with Crippen LogP contribution in [0.4, 0.5) is 34.1 Å². The number of anilines is 6. The van der Waals surface area contributed by atoms with Crippen molar-refractivity contribution in [2.75, 3.05) is 23.0 Å². The van der Waals surface area contributed by atoms with Crippen LogP contribution in [-0.4, -0.2) is 13.2 Å². The van der Waals surface area contributed by atoms with E-state index in [1.54, 1.807) is 0 Å². The molecule has 13 aromatic rings. The topological polar surface area (TPSA) is 24.9 Å². The Bertz CT molecular complexity index is 4510. The zero-order chi connectivity index (χ0) is 66.1. The van der Waals surface area contributed by atoms with Crippen molar-refractivity contribution in [3.63, 3.8) is 0 Å². The maximum atomic E-state index is 6.60. The summed E-state index contributed by atoms with van der Waals surface area (Å²) in [4.78, 5) is 4.64. The number of hydrogen-bond acceptors (Lipinski definition) is 4. The van der Waals surface area contributed by atoms with Crippen LogP contribution in [0.3, 0.4) is 0 Å². The monoisotopic (exact) mass is 1260 g/mol. The number of aryl methyl sites for hydroxylation is 2. The molecule has 2 atom stereocenters. The quantitative estimate of drug-likeness (QED) is 0.0563. The van der Waals surface area contributed by atoms with Gasteiger partial charge >= 0.3 is 0 Å². The van der Waals surface area contributed by atoms with Gasteiger partial charge in [0.1, 0.15) is 11.5 Å². The highest BCUT2D eigenvalue weighted by Gasteiger charge is 2.47. The van der Waals surface area contributed by atoms with Crippen molar-refractivity contribution < 1.29 is 9.47 Å². The third-order valence-electron chi connectivity index (χ3n) is 19.7. The van der Waals surface area contributed by atoms with E-state index >= 15 is 0 Å². The van der Waals surface area contributed by atoms with Gasteiger partial charge in [-0.25, -0.2) is 0 Å². The normalized spacial score (nSPS) is 12.6. The zero-order valence-electron chi connectivity index (χ0n) is 56.0. The molecule has 0 fully saturated rings. The molecule has 13 aromatic carbocycles. The van der Waals surface area contributed by atoms with E-state index in [4.69, 9.17) is 9.47 Å². The summed E-state index contributed by atoms with van der Waals surface area (Å²) in [5.74, 6) is 2.66. The lowest BCUT2D eigenvalue weighted by atomic mass is 9.65. The molecule has 2 unspecified atom stereocenters. The minimum absolute atomic E-state index is 0.437. The first-order chi connectivity index (χ1) is 47.7. The van der Waals surface area contributed by atoms with Gasteiger partial charge in [0, 0.05) is 34.1 Å². The average molecular weight is 1260 g/mol. The lowest BCUT2D eigenvalue weighted by Crippen LogP contribution is -2.30. The molecule has 476 valence electrons. The summed E-state index contributed by atoms with van der Waals surface area (Å²) in [5, 5.41) is 0. The van der Waals surface area contributed by atoms with Gasteiger partial charge in [-0.3, -0.25) is 0 Å². The summed E-state index contributed by atoms with van der Waals surface area (Å²) in [7, 11) is 0. The molecule has 14 rings (SSSR count). The van der Waals surface area contributed by atoms with Crippen LogP contribution in [0.25, 0.3) is 50.6 Å². The number of benzene rings is 13. The average Bonchev–Trinajstić information content (AvgIpc) is 1.55. The van der Waals surface area contributed by atoms with Gasteiger partial charge in [-0.15, -0.1) is 0 Å². The lowest BCUT2D eigenvalue weighted by Gasteiger charge is -2.36. The van der Waals surface area contributed by atoms with Crippen LogP contribution in [0.1, 0.15) is 101 Å². The van der Waals surface area contributed by atoms with Crippen molar-refractivity contribution in [3.05, 3.63) is 378 Å². The standard InChI is InChI=1S/C93H82N2O2/c1-6-69-32-34-73(35-33-69)74-38-36-71(37-39-74)68(5)63-70(7-2)72-44-54-86(55-45-72)96-60-20-21-61-97-87-56-48-79(49-57-87)93(90-62-66(3)30-31-67(90)4)91-64-77(75-40-50-84(51-41-75)94(80-22-12-8-13-23-80)81-24-14-9-15-25-81)46-58-88(91)89-59-47-78(65-92(89)93)76-42-52-85(53-43-76)95(82-26-16-10-17-27-82)83-28-18-11-19-29-83/h6,8-19,22-59,62,64-65,68,70H,1,7,20-21,60-61,63H2,2-5H3. The van der Waals surface area contributed by atoms with Crippen molar-refractivity contribution in [3.8, 4) is 56.0 Å². The number of para-hydroxylation sites is 4. The second-order valence-corrected chi connectivity index (χ2v) is 25.9. The van der Waals surface area contributed by atoms with Crippen LogP contribution in [0.15, 0.2) is 328 Å². The number of fused-ring (bicyclic) bond motifs is 3. The van der Waals surface area contributed by atoms with Crippen LogP contribution in [0.2, 0.25) is 0 Å². The van der Waals surface area contributed by atoms with E-state index in [0.29, 0.717) is 25.0 Å². The molecule has 0 aliphatic heterocycles. The molecular weight excluding hydrogens is 1180 g/mol. The summed E-state index contributed by atoms with van der Waals surface area (Å²) in [6.07, 6.45) is 5.81. The van der Waals surface area contributed by atoms with E-state index in [-0.39, 0.29) is 0 Å². The first-order valence-electron chi connectivity index (χ1n) is 34.4. The molecular formula is C93H82N2O2. The second-order valence-electron chi connectivity index (χ2n) is 25.9. The summed E-state index contributed by atoms with van der Waals surface area (Å²) in [5.41, 5.74) is 26.8. The Labute approximate surface area is 574 Å². The maximum Gasteiger partial charge on any atom is 0.119 e. The fourth-order valence-corrected chi connectivity index (χ4v) is 14.5. The van der Waals surface area contributed by atoms with E-state index in [1.807, 2.05) is 6.08 Å². The van der Waals surface area contributed by atoms with E-state index in [2.05, 4.69) is 366 Å². The number of unbranched alkanes of at least 4 members (excludes halogenated alkanes) is 1. The van der Waals surface area contributed by atoms with Crippen molar-refractivity contribution in [1.29, 1.82) is 0 Å². The molecule has 0 spiro atoms. The Morgan fingerprint density at radius 2 is 0.763 bits per heavy atom. The summed E-state index contributed by atoms with van der Waals surface area (Å²) < 4.78 is 12.9. The van der Waals surface area contributed by atoms with Gasteiger partial charge in [0.15, 0.2) is 0 Å². The molecule has 4 nitrogen and oxygen atoms in total. The number of rotatable bonds is 24. The molecule has 0 amide bonds. The fourth-order valence-electron chi connectivity index (χ4n) is 14.5. The molecule has 1 aliphatic rings. The van der Waals surface area contributed by atoms with E-state index in [1.165, 1.54) is 66.8 Å². The molecule has 0 saturated heterocycles. The van der Waals surface area contributed by atoms with Gasteiger partial charge < -0.3 is 19.3 Å². The van der Waals surface area contributed by atoms with E-state index in [0.717, 1.165) is 99.1 Å². The van der Waals surface area contributed by atoms with Crippen molar-refractivity contribution in [1.82, 2.24) is 0 Å². The highest BCUT2D eigenvalue weighted by atomic mass is 16.5. The highest BCUT2D eigenvalue weighted by molar-refractivity contribution is 5.91. The molecule has 0 saturated carbocycles. The molecule has 0 radical (unpaired) electrons. The first-order valence-corrected chi connectivity index (χ1v) is 34.4. The summed E-state index contributed by atoms with van der Waals surface area (Å²) >= 11 is 0. The largest absolute Gasteiger partial charge is 0.494 e. The Hall–Kier alpha value is -11.2. The molecule has 4 heteroatoms. The van der Waals surface area contributed by atoms with Gasteiger partial charge in [-0.2, -0.15) is 0 Å². The van der Waals surface area contributed by atoms with Gasteiger partial charge in [-0.05, 0) is 250 Å². The minimum atomic E-state index is -0.696. The molecule has 0 N–H and O–H groups in total. The maximum absolute atomic E-state index is 6.60. The molecule has 0 bridgehead atoms. The van der Waals surface area contributed by atoms with Crippen LogP contribution >= 0.6 is 0 Å². The Kier molecular flexibility index (Phi) is 18.8. The van der Waals surface area contributed by atoms with Crippen molar-refractivity contribution in [2.45, 2.75) is 70.6 Å². The lowest BCUT2D eigenvalue weighted by molar-refractivity contribution is 0.266. The minimum Gasteiger partial charge on any atom is -0.494 e. The zero-order valence-corrected chi connectivity index (χ0v) is 56.0. The fraction of sp³-hybridized carbons (Fsp3) is 0.140. The smallest absolute Gasteiger partial charge is 0.119 e. The predicted molar refractivity (Wildman–Crippen MR) is 408 cm³/mol. The van der Waals surface area contributed by atoms with Crippen LogP contribution in [-0.2, 0) is 5.41 Å². The molecule has 1 aliphatic carbocycles. The van der Waals surface area contributed by atoms with E-state index in [9.17, 15) is 0 Å². The molecule has 97 heavy (non-hydrogen) atoms. The number of nitrogens with zero attached hydrogens (tertiary/aromatic N) is 2. The first kappa shape index (κ1) is 63.2. The molecule has 0 aromatic heterocycles. The van der Waals surface area contributed by atoms with Crippen LogP contribution in [0.5, 0.6) is 11.5 Å². The van der Waals surface area contributed by atoms with Crippen LogP contribution in [0, 0.1) is 13.8 Å². The van der Waals surface area contributed by atoms with Gasteiger partial charge in [0.25, 0.3) is 0 Å². The van der Waals surface area contributed by atoms with E-state index < -0.39 is 5.41 Å². The second kappa shape index (κ2) is 28.8. The van der Waals surface area contributed by atoms with Gasteiger partial charge in [-0.1, -0.05) is 244 Å². The Morgan fingerprint density at radius 1 is 0.381 bits per heavy atom. The number of hydrogen-bond donors (Lipinski definition) is 0. The summed E-state index contributed by atoms with van der Waals surface area (Å²) in [6.45, 7) is 14.3. The number of ether oxygens (including phenoxy) is 2. The third kappa shape index (κ3) is 13.3. The molecule has 0 heterocycles. The van der Waals surface area contributed by atoms with Crippen LogP contribution < -0.4 is 19.3 Å². The Morgan fingerprint density at radius 3 is 1.20 bits per heavy atom. The van der Waals surface area contributed by atoms with Gasteiger partial charge in [0.05, 0.1) is 18.6 Å². The Balaban J connectivity index is 0.726. The predicted octanol–water partition coefficient (Wildman–Crippen LogP) is 25.2. The highest BCUT2D eigenvalue weighted by Crippen LogP contribution is 2.59. The van der Waals surface area contributed by atoms with Crippen molar-refractivity contribution in [2.24, 2.45) is 0 Å². The SMILES string of the molecule is C=Cc1ccc(-c2ccc(C(C)CC(CC)c3ccc(OCCCCOc4ccc(C5(c6cc(C)ccc6C)c6cc(-c7ccc(N(c8ccccc8)c8ccccc8)cc7)ccc6-c6ccc(-c7ccc(N(c8ccccc8)c8ccccc8)cc7)cc65)cc4)cc3)cc2)cc1. The van der Waals surface area contributed by atoms with Gasteiger partial charge in [0.2, 0.25) is 0 Å². The summed E-state index contributed by atoms with van der Waals surface area (Å²) in [6, 6.07) is 117. The third-order valence-corrected chi connectivity index (χ3v) is 19.7.